The quantitative estimate of drug-likeness (QED) is 0.882. The van der Waals surface area contributed by atoms with Crippen molar-refractivity contribution >= 4 is 17.5 Å². The third-order valence-electron chi connectivity index (χ3n) is 5.69. The zero-order valence-electron chi connectivity index (χ0n) is 16.1. The molecule has 6 heteroatoms. The number of carbonyl (C=O) groups excluding carboxylic acids is 2. The molecule has 0 bridgehead atoms. The van der Waals surface area contributed by atoms with Gasteiger partial charge in [0.25, 0.3) is 11.8 Å². The highest BCUT2D eigenvalue weighted by Gasteiger charge is 2.26. The van der Waals surface area contributed by atoms with E-state index in [1.165, 1.54) is 12.7 Å². The van der Waals surface area contributed by atoms with Crippen molar-refractivity contribution in [1.82, 2.24) is 10.2 Å². The van der Waals surface area contributed by atoms with Crippen LogP contribution in [0.25, 0.3) is 0 Å². The summed E-state index contributed by atoms with van der Waals surface area (Å²) < 4.78 is 5.16. The Morgan fingerprint density at radius 3 is 2.39 bits per heavy atom. The van der Waals surface area contributed by atoms with Gasteiger partial charge in [-0.3, -0.25) is 9.59 Å². The molecule has 2 saturated heterocycles. The highest BCUT2D eigenvalue weighted by atomic mass is 16.3. The molecule has 0 atom stereocenters. The number of hydrogen-bond donors (Lipinski definition) is 1. The average molecular weight is 381 g/mol. The van der Waals surface area contributed by atoms with Crippen LogP contribution in [0.1, 0.15) is 53.0 Å². The predicted octanol–water partition coefficient (Wildman–Crippen LogP) is 3.30. The normalized spacial score (nSPS) is 18.1. The summed E-state index contributed by atoms with van der Waals surface area (Å²) in [5, 5.41) is 3.05. The van der Waals surface area contributed by atoms with Crippen molar-refractivity contribution in [2.45, 2.75) is 38.1 Å². The van der Waals surface area contributed by atoms with Crippen LogP contribution in [0.4, 0.5) is 5.69 Å². The van der Waals surface area contributed by atoms with Gasteiger partial charge in [-0.1, -0.05) is 12.1 Å². The van der Waals surface area contributed by atoms with Crippen LogP contribution in [-0.4, -0.2) is 48.9 Å². The van der Waals surface area contributed by atoms with E-state index in [-0.39, 0.29) is 17.9 Å². The van der Waals surface area contributed by atoms with Crippen LogP contribution in [0, 0.1) is 0 Å². The molecule has 2 amide bonds. The van der Waals surface area contributed by atoms with Crippen molar-refractivity contribution in [2.75, 3.05) is 31.1 Å². The predicted molar refractivity (Wildman–Crippen MR) is 108 cm³/mol. The highest BCUT2D eigenvalue weighted by Crippen LogP contribution is 2.26. The first-order valence-corrected chi connectivity index (χ1v) is 10.2. The largest absolute Gasteiger partial charge is 0.459 e. The van der Waals surface area contributed by atoms with Gasteiger partial charge in [0.15, 0.2) is 5.76 Å². The fourth-order valence-corrected chi connectivity index (χ4v) is 4.13. The fraction of sp³-hybridized carbons (Fsp3) is 0.455. The average Bonchev–Trinajstić information content (AvgIpc) is 3.30. The number of rotatable bonds is 4. The van der Waals surface area contributed by atoms with Crippen molar-refractivity contribution in [3.05, 3.63) is 54.0 Å². The lowest BCUT2D eigenvalue weighted by atomic mass is 10.0. The molecule has 2 aromatic rings. The Morgan fingerprint density at radius 2 is 1.68 bits per heavy atom. The van der Waals surface area contributed by atoms with Crippen molar-refractivity contribution in [3.63, 3.8) is 0 Å². The number of benzene rings is 1. The van der Waals surface area contributed by atoms with Crippen LogP contribution in [0.5, 0.6) is 0 Å². The molecule has 2 aliphatic heterocycles. The lowest BCUT2D eigenvalue weighted by Crippen LogP contribution is -2.45. The van der Waals surface area contributed by atoms with E-state index in [1.54, 1.807) is 12.1 Å². The van der Waals surface area contributed by atoms with Gasteiger partial charge >= 0.3 is 0 Å². The standard InChI is InChI=1S/C22H27N3O3/c26-21(20-9-6-16-28-20)23-17-10-14-24(15-11-17)19-8-3-2-7-18(19)22(27)25-12-4-1-5-13-25/h2-3,6-9,16-17H,1,4-5,10-15H2,(H,23,26). The van der Waals surface area contributed by atoms with E-state index in [2.05, 4.69) is 10.2 Å². The maximum atomic E-state index is 13.0. The summed E-state index contributed by atoms with van der Waals surface area (Å²) >= 11 is 0. The molecule has 2 fully saturated rings. The molecule has 2 aliphatic rings. The molecular weight excluding hydrogens is 354 g/mol. The maximum Gasteiger partial charge on any atom is 0.287 e. The van der Waals surface area contributed by atoms with E-state index in [9.17, 15) is 9.59 Å². The fourth-order valence-electron chi connectivity index (χ4n) is 4.13. The van der Waals surface area contributed by atoms with Gasteiger partial charge in [0.1, 0.15) is 0 Å². The van der Waals surface area contributed by atoms with Gasteiger partial charge in [-0.05, 0) is 56.4 Å². The number of anilines is 1. The third kappa shape index (κ3) is 4.06. The summed E-state index contributed by atoms with van der Waals surface area (Å²) in [4.78, 5) is 29.5. The second-order valence-corrected chi connectivity index (χ2v) is 7.58. The zero-order valence-corrected chi connectivity index (χ0v) is 16.1. The van der Waals surface area contributed by atoms with Gasteiger partial charge in [-0.15, -0.1) is 0 Å². The number of hydrogen-bond acceptors (Lipinski definition) is 4. The van der Waals surface area contributed by atoms with Gasteiger partial charge < -0.3 is 19.5 Å². The lowest BCUT2D eigenvalue weighted by molar-refractivity contribution is 0.0724. The Hall–Kier alpha value is -2.76. The number of piperidine rings is 2. The molecule has 3 heterocycles. The molecule has 0 unspecified atom stereocenters. The van der Waals surface area contributed by atoms with Crippen LogP contribution in [0.15, 0.2) is 47.1 Å². The maximum absolute atomic E-state index is 13.0. The van der Waals surface area contributed by atoms with E-state index < -0.39 is 0 Å². The Labute approximate surface area is 165 Å². The van der Waals surface area contributed by atoms with Crippen LogP contribution in [0.2, 0.25) is 0 Å². The molecule has 0 aliphatic carbocycles. The summed E-state index contributed by atoms with van der Waals surface area (Å²) in [6.07, 6.45) is 6.59. The van der Waals surface area contributed by atoms with Gasteiger partial charge in [-0.2, -0.15) is 0 Å². The number of carbonyl (C=O) groups is 2. The van der Waals surface area contributed by atoms with Crippen LogP contribution in [-0.2, 0) is 0 Å². The molecule has 1 N–H and O–H groups in total. The Morgan fingerprint density at radius 1 is 0.929 bits per heavy atom. The molecule has 0 spiro atoms. The molecule has 4 rings (SSSR count). The number of likely N-dealkylation sites (tertiary alicyclic amines) is 1. The number of nitrogens with one attached hydrogen (secondary N) is 1. The molecule has 1 aromatic carbocycles. The van der Waals surface area contributed by atoms with E-state index in [0.717, 1.165) is 63.1 Å². The minimum Gasteiger partial charge on any atom is -0.459 e. The van der Waals surface area contributed by atoms with Gasteiger partial charge in [0.2, 0.25) is 0 Å². The van der Waals surface area contributed by atoms with Crippen molar-refractivity contribution in [1.29, 1.82) is 0 Å². The van der Waals surface area contributed by atoms with Crippen LogP contribution < -0.4 is 10.2 Å². The Kier molecular flexibility index (Phi) is 5.65. The molecule has 148 valence electrons. The molecule has 28 heavy (non-hydrogen) atoms. The number of para-hydroxylation sites is 1. The zero-order chi connectivity index (χ0) is 19.3. The van der Waals surface area contributed by atoms with E-state index in [1.807, 2.05) is 29.2 Å². The van der Waals surface area contributed by atoms with Gasteiger partial charge in [0, 0.05) is 37.9 Å². The van der Waals surface area contributed by atoms with E-state index in [4.69, 9.17) is 4.42 Å². The molecule has 1 aromatic heterocycles. The van der Waals surface area contributed by atoms with Crippen LogP contribution >= 0.6 is 0 Å². The molecule has 6 nitrogen and oxygen atoms in total. The summed E-state index contributed by atoms with van der Waals surface area (Å²) in [5.74, 6) is 0.326. The lowest BCUT2D eigenvalue weighted by Gasteiger charge is -2.35. The Bertz CT molecular complexity index is 804. The van der Waals surface area contributed by atoms with E-state index >= 15 is 0 Å². The first-order chi connectivity index (χ1) is 13.7. The number of furan rings is 1. The molecular formula is C22H27N3O3. The molecule has 0 radical (unpaired) electrons. The van der Waals surface area contributed by atoms with Gasteiger partial charge in [0.05, 0.1) is 11.8 Å². The van der Waals surface area contributed by atoms with Gasteiger partial charge in [-0.25, -0.2) is 0 Å². The van der Waals surface area contributed by atoms with Crippen LogP contribution in [0.3, 0.4) is 0 Å². The van der Waals surface area contributed by atoms with Crippen molar-refractivity contribution in [2.24, 2.45) is 0 Å². The first-order valence-electron chi connectivity index (χ1n) is 10.2. The summed E-state index contributed by atoms with van der Waals surface area (Å²) in [7, 11) is 0. The summed E-state index contributed by atoms with van der Waals surface area (Å²) in [6, 6.07) is 11.4. The minimum atomic E-state index is -0.163. The van der Waals surface area contributed by atoms with E-state index in [0.29, 0.717) is 5.76 Å². The topological polar surface area (TPSA) is 65.8 Å². The Balaban J connectivity index is 1.39. The minimum absolute atomic E-state index is 0.124. The number of amides is 2. The summed E-state index contributed by atoms with van der Waals surface area (Å²) in [6.45, 7) is 3.34. The summed E-state index contributed by atoms with van der Waals surface area (Å²) in [5.41, 5.74) is 1.80. The monoisotopic (exact) mass is 381 g/mol. The highest BCUT2D eigenvalue weighted by molar-refractivity contribution is 6.00. The second kappa shape index (κ2) is 8.50. The van der Waals surface area contributed by atoms with Crippen molar-refractivity contribution in [3.8, 4) is 0 Å². The van der Waals surface area contributed by atoms with Crippen molar-refractivity contribution < 1.29 is 14.0 Å². The molecule has 0 saturated carbocycles. The SMILES string of the molecule is O=C(NC1CCN(c2ccccc2C(=O)N2CCCCC2)CC1)c1ccco1. The number of nitrogens with zero attached hydrogens (tertiary/aromatic N) is 2. The third-order valence-corrected chi connectivity index (χ3v) is 5.69. The second-order valence-electron chi connectivity index (χ2n) is 7.58. The smallest absolute Gasteiger partial charge is 0.287 e. The first kappa shape index (κ1) is 18.6.